The first-order valence-electron chi connectivity index (χ1n) is 6.80. The van der Waals surface area contributed by atoms with Gasteiger partial charge in [-0.25, -0.2) is 4.79 Å². The second-order valence-corrected chi connectivity index (χ2v) is 4.80. The second kappa shape index (κ2) is 5.89. The summed E-state index contributed by atoms with van der Waals surface area (Å²) in [5, 5.41) is 0. The largest absolute Gasteiger partial charge is 0.485 e. The lowest BCUT2D eigenvalue weighted by Crippen LogP contribution is -2.37. The van der Waals surface area contributed by atoms with Gasteiger partial charge in [-0.05, 0) is 18.2 Å². The molecule has 0 radical (unpaired) electrons. The number of hydrogen-bond acceptors (Lipinski definition) is 5. The third-order valence-electron chi connectivity index (χ3n) is 3.37. The Morgan fingerprint density at radius 3 is 2.55 bits per heavy atom. The Morgan fingerprint density at radius 2 is 1.82 bits per heavy atom. The van der Waals surface area contributed by atoms with Crippen molar-refractivity contribution in [3.63, 3.8) is 0 Å². The van der Waals surface area contributed by atoms with Crippen molar-refractivity contribution in [3.8, 4) is 11.5 Å². The fourth-order valence-electron chi connectivity index (χ4n) is 2.22. The summed E-state index contributed by atoms with van der Waals surface area (Å²) in [6.07, 6.45) is -0.784. The SMILES string of the molecule is COC(=O)C1COc2cc(C(=O)c3ccccc3)ccc2O1. The second-order valence-electron chi connectivity index (χ2n) is 4.80. The maximum Gasteiger partial charge on any atom is 0.350 e. The number of hydrogen-bond donors (Lipinski definition) is 0. The molecule has 1 aliphatic rings. The fraction of sp³-hybridized carbons (Fsp3) is 0.176. The zero-order chi connectivity index (χ0) is 15.5. The number of esters is 1. The van der Waals surface area contributed by atoms with Gasteiger partial charge in [0, 0.05) is 11.1 Å². The number of rotatable bonds is 3. The van der Waals surface area contributed by atoms with Crippen LogP contribution >= 0.6 is 0 Å². The Bertz CT molecular complexity index is 708. The van der Waals surface area contributed by atoms with Crippen molar-refractivity contribution in [2.45, 2.75) is 6.10 Å². The van der Waals surface area contributed by atoms with E-state index in [9.17, 15) is 9.59 Å². The van der Waals surface area contributed by atoms with Crippen LogP contribution in [0.4, 0.5) is 0 Å². The molecule has 0 N–H and O–H groups in total. The quantitative estimate of drug-likeness (QED) is 0.642. The van der Waals surface area contributed by atoms with Gasteiger partial charge in [0.1, 0.15) is 6.61 Å². The molecular formula is C17H14O5. The Morgan fingerprint density at radius 1 is 1.05 bits per heavy atom. The third-order valence-corrected chi connectivity index (χ3v) is 3.37. The maximum absolute atomic E-state index is 12.4. The number of methoxy groups -OCH3 is 1. The van der Waals surface area contributed by atoms with E-state index >= 15 is 0 Å². The Kier molecular flexibility index (Phi) is 3.78. The molecule has 1 heterocycles. The van der Waals surface area contributed by atoms with Crippen molar-refractivity contribution in [1.82, 2.24) is 0 Å². The zero-order valence-corrected chi connectivity index (χ0v) is 11.9. The van der Waals surface area contributed by atoms with Gasteiger partial charge in [-0.3, -0.25) is 4.79 Å². The zero-order valence-electron chi connectivity index (χ0n) is 11.9. The highest BCUT2D eigenvalue weighted by molar-refractivity contribution is 6.09. The van der Waals surface area contributed by atoms with Gasteiger partial charge in [0.2, 0.25) is 6.10 Å². The average molecular weight is 298 g/mol. The number of fused-ring (bicyclic) bond motifs is 1. The molecule has 0 fully saturated rings. The first-order chi connectivity index (χ1) is 10.7. The van der Waals surface area contributed by atoms with Crippen LogP contribution < -0.4 is 9.47 Å². The minimum absolute atomic E-state index is 0.0582. The number of ketones is 1. The van der Waals surface area contributed by atoms with E-state index < -0.39 is 12.1 Å². The predicted octanol–water partition coefficient (Wildman–Crippen LogP) is 2.23. The molecule has 1 aliphatic heterocycles. The molecule has 5 heteroatoms. The van der Waals surface area contributed by atoms with Crippen molar-refractivity contribution in [3.05, 3.63) is 59.7 Å². The van der Waals surface area contributed by atoms with Crippen LogP contribution in [0.1, 0.15) is 15.9 Å². The van der Waals surface area contributed by atoms with E-state index in [0.29, 0.717) is 22.6 Å². The molecule has 2 aromatic carbocycles. The van der Waals surface area contributed by atoms with Crippen molar-refractivity contribution >= 4 is 11.8 Å². The Labute approximate surface area is 127 Å². The van der Waals surface area contributed by atoms with Crippen LogP contribution in [0, 0.1) is 0 Å². The Hall–Kier alpha value is -2.82. The third kappa shape index (κ3) is 2.65. The molecule has 2 aromatic rings. The molecular weight excluding hydrogens is 284 g/mol. The van der Waals surface area contributed by atoms with E-state index in [1.165, 1.54) is 7.11 Å². The summed E-state index contributed by atoms with van der Waals surface area (Å²) in [6.45, 7) is 0.0582. The van der Waals surface area contributed by atoms with Gasteiger partial charge < -0.3 is 14.2 Å². The highest BCUT2D eigenvalue weighted by Gasteiger charge is 2.28. The lowest BCUT2D eigenvalue weighted by atomic mass is 10.0. The highest BCUT2D eigenvalue weighted by atomic mass is 16.6. The minimum atomic E-state index is -0.784. The molecule has 5 nitrogen and oxygen atoms in total. The first-order valence-corrected chi connectivity index (χ1v) is 6.80. The van der Waals surface area contributed by atoms with Crippen molar-refractivity contribution in [2.75, 3.05) is 13.7 Å². The molecule has 0 aliphatic carbocycles. The summed E-state index contributed by atoms with van der Waals surface area (Å²) in [4.78, 5) is 23.8. The minimum Gasteiger partial charge on any atom is -0.485 e. The molecule has 22 heavy (non-hydrogen) atoms. The summed E-state index contributed by atoms with van der Waals surface area (Å²) < 4.78 is 15.6. The first kappa shape index (κ1) is 14.1. The van der Waals surface area contributed by atoms with Gasteiger partial charge in [-0.2, -0.15) is 0 Å². The standard InChI is InChI=1S/C17H14O5/c1-20-17(19)15-10-21-14-9-12(7-8-13(14)22-15)16(18)11-5-3-2-4-6-11/h2-9,15H,10H2,1H3. The molecule has 0 bridgehead atoms. The number of carbonyl (C=O) groups excluding carboxylic acids is 2. The number of ether oxygens (including phenoxy) is 3. The topological polar surface area (TPSA) is 61.8 Å². The van der Waals surface area contributed by atoms with Crippen LogP contribution in [-0.4, -0.2) is 31.6 Å². The van der Waals surface area contributed by atoms with Crippen molar-refractivity contribution in [1.29, 1.82) is 0 Å². The fourth-order valence-corrected chi connectivity index (χ4v) is 2.22. The van der Waals surface area contributed by atoms with Gasteiger partial charge in [-0.1, -0.05) is 30.3 Å². The molecule has 1 atom stereocenters. The van der Waals surface area contributed by atoms with Gasteiger partial charge in [-0.15, -0.1) is 0 Å². The van der Waals surface area contributed by atoms with E-state index in [0.717, 1.165) is 0 Å². The van der Waals surface area contributed by atoms with Crippen LogP contribution in [0.3, 0.4) is 0 Å². The van der Waals surface area contributed by atoms with Crippen LogP contribution in [0.15, 0.2) is 48.5 Å². The lowest BCUT2D eigenvalue weighted by Gasteiger charge is -2.24. The lowest BCUT2D eigenvalue weighted by molar-refractivity contribution is -0.151. The smallest absolute Gasteiger partial charge is 0.350 e. The van der Waals surface area contributed by atoms with Gasteiger partial charge >= 0.3 is 5.97 Å². The predicted molar refractivity (Wildman–Crippen MR) is 78.2 cm³/mol. The monoisotopic (exact) mass is 298 g/mol. The summed E-state index contributed by atoms with van der Waals surface area (Å²) in [5.74, 6) is 0.283. The summed E-state index contributed by atoms with van der Waals surface area (Å²) in [5.41, 5.74) is 1.11. The van der Waals surface area contributed by atoms with Crippen LogP contribution in [0.5, 0.6) is 11.5 Å². The molecule has 112 valence electrons. The number of carbonyl (C=O) groups is 2. The van der Waals surface area contributed by atoms with E-state index in [1.54, 1.807) is 30.3 Å². The van der Waals surface area contributed by atoms with Gasteiger partial charge in [0.05, 0.1) is 7.11 Å². The molecule has 0 spiro atoms. The van der Waals surface area contributed by atoms with E-state index in [-0.39, 0.29) is 12.4 Å². The van der Waals surface area contributed by atoms with Crippen LogP contribution in [0.25, 0.3) is 0 Å². The van der Waals surface area contributed by atoms with Crippen molar-refractivity contribution < 1.29 is 23.8 Å². The van der Waals surface area contributed by atoms with E-state index in [2.05, 4.69) is 4.74 Å². The highest BCUT2D eigenvalue weighted by Crippen LogP contribution is 2.33. The summed E-state index contributed by atoms with van der Waals surface area (Å²) >= 11 is 0. The normalized spacial score (nSPS) is 16.0. The van der Waals surface area contributed by atoms with Crippen LogP contribution in [0.2, 0.25) is 0 Å². The molecule has 0 saturated heterocycles. The maximum atomic E-state index is 12.4. The molecule has 0 aromatic heterocycles. The number of benzene rings is 2. The Balaban J connectivity index is 1.84. The van der Waals surface area contributed by atoms with E-state index in [1.807, 2.05) is 18.2 Å². The van der Waals surface area contributed by atoms with Crippen LogP contribution in [-0.2, 0) is 9.53 Å². The van der Waals surface area contributed by atoms with E-state index in [4.69, 9.17) is 9.47 Å². The molecule has 3 rings (SSSR count). The molecule has 0 amide bonds. The molecule has 1 unspecified atom stereocenters. The van der Waals surface area contributed by atoms with Crippen molar-refractivity contribution in [2.24, 2.45) is 0 Å². The summed E-state index contributed by atoms with van der Waals surface area (Å²) in [7, 11) is 1.29. The van der Waals surface area contributed by atoms with Gasteiger partial charge in [0.15, 0.2) is 17.3 Å². The van der Waals surface area contributed by atoms with Gasteiger partial charge in [0.25, 0.3) is 0 Å². The summed E-state index contributed by atoms with van der Waals surface area (Å²) in [6, 6.07) is 13.9. The average Bonchev–Trinajstić information content (AvgIpc) is 2.60. The molecule has 0 saturated carbocycles.